The summed E-state index contributed by atoms with van der Waals surface area (Å²) in [5.74, 6) is 1.82. The second-order valence-corrected chi connectivity index (χ2v) is 4.66. The van der Waals surface area contributed by atoms with Crippen LogP contribution >= 0.6 is 0 Å². The zero-order valence-electron chi connectivity index (χ0n) is 9.71. The molecule has 0 aliphatic heterocycles. The molecule has 1 N–H and O–H groups in total. The molecule has 0 fully saturated rings. The Morgan fingerprint density at radius 1 is 1.64 bits per heavy atom. The fourth-order valence-corrected chi connectivity index (χ4v) is 2.40. The number of allylic oxidation sites excluding steroid dienone is 1. The number of ether oxygens (including phenoxy) is 1. The lowest BCUT2D eigenvalue weighted by Crippen LogP contribution is -2.38. The van der Waals surface area contributed by atoms with Crippen LogP contribution in [-0.4, -0.2) is 17.3 Å². The van der Waals surface area contributed by atoms with Crippen molar-refractivity contribution in [1.29, 1.82) is 0 Å². The minimum atomic E-state index is -0.697. The molecule has 0 saturated carbocycles. The monoisotopic (exact) mass is 198 g/mol. The van der Waals surface area contributed by atoms with Crippen LogP contribution in [0.3, 0.4) is 0 Å². The van der Waals surface area contributed by atoms with Gasteiger partial charge in [-0.25, -0.2) is 0 Å². The Balaban J connectivity index is 2.75. The maximum atomic E-state index is 10.2. The Bertz CT molecular complexity index is 216. The molecule has 0 aromatic rings. The summed E-state index contributed by atoms with van der Waals surface area (Å²) in [4.78, 5) is 0. The highest BCUT2D eigenvalue weighted by Crippen LogP contribution is 2.36. The highest BCUT2D eigenvalue weighted by atomic mass is 16.5. The van der Waals surface area contributed by atoms with Gasteiger partial charge in [-0.15, -0.1) is 0 Å². The molecule has 1 aliphatic carbocycles. The lowest BCUT2D eigenvalue weighted by atomic mass is 9.74. The van der Waals surface area contributed by atoms with Crippen LogP contribution in [0.25, 0.3) is 0 Å². The lowest BCUT2D eigenvalue weighted by Gasteiger charge is -2.37. The highest BCUT2D eigenvalue weighted by molar-refractivity contribution is 5.12. The van der Waals surface area contributed by atoms with Crippen LogP contribution in [0, 0.1) is 11.8 Å². The van der Waals surface area contributed by atoms with Gasteiger partial charge in [-0.1, -0.05) is 13.8 Å². The predicted molar refractivity (Wildman–Crippen MR) is 57.9 cm³/mol. The van der Waals surface area contributed by atoms with Crippen LogP contribution in [0.5, 0.6) is 0 Å². The molecule has 0 spiro atoms. The van der Waals surface area contributed by atoms with Crippen molar-refractivity contribution in [3.05, 3.63) is 11.8 Å². The van der Waals surface area contributed by atoms with Crippen molar-refractivity contribution in [3.63, 3.8) is 0 Å². The second kappa shape index (κ2) is 4.35. The average Bonchev–Trinajstić information content (AvgIpc) is 2.01. The first-order valence-electron chi connectivity index (χ1n) is 5.54. The molecule has 0 heterocycles. The molecule has 1 aliphatic rings. The summed E-state index contributed by atoms with van der Waals surface area (Å²) in [5, 5.41) is 10.2. The third-order valence-corrected chi connectivity index (χ3v) is 3.04. The van der Waals surface area contributed by atoms with E-state index in [4.69, 9.17) is 4.74 Å². The Morgan fingerprint density at radius 3 is 2.71 bits per heavy atom. The zero-order chi connectivity index (χ0) is 10.8. The zero-order valence-corrected chi connectivity index (χ0v) is 9.71. The van der Waals surface area contributed by atoms with Crippen LogP contribution in [0.1, 0.15) is 40.5 Å². The van der Waals surface area contributed by atoms with Gasteiger partial charge in [0.25, 0.3) is 0 Å². The van der Waals surface area contributed by atoms with Gasteiger partial charge in [0.2, 0.25) is 0 Å². The lowest BCUT2D eigenvalue weighted by molar-refractivity contribution is 0.00226. The van der Waals surface area contributed by atoms with E-state index >= 15 is 0 Å². The molecular weight excluding hydrogens is 176 g/mol. The predicted octanol–water partition coefficient (Wildman–Crippen LogP) is 2.72. The molecule has 0 aromatic heterocycles. The van der Waals surface area contributed by atoms with E-state index in [0.717, 1.165) is 18.6 Å². The van der Waals surface area contributed by atoms with E-state index in [9.17, 15) is 5.11 Å². The van der Waals surface area contributed by atoms with Crippen molar-refractivity contribution >= 4 is 0 Å². The van der Waals surface area contributed by atoms with E-state index in [1.54, 1.807) is 0 Å². The molecule has 0 bridgehead atoms. The maximum Gasteiger partial charge on any atom is 0.0948 e. The second-order valence-electron chi connectivity index (χ2n) is 4.66. The Morgan fingerprint density at radius 2 is 2.29 bits per heavy atom. The summed E-state index contributed by atoms with van der Waals surface area (Å²) in [6.07, 6.45) is 3.88. The molecule has 2 atom stereocenters. The molecule has 1 rings (SSSR count). The number of hydrogen-bond acceptors (Lipinski definition) is 2. The topological polar surface area (TPSA) is 29.5 Å². The summed E-state index contributed by atoms with van der Waals surface area (Å²) in [6, 6.07) is 0. The Kier molecular flexibility index (Phi) is 3.59. The molecule has 0 radical (unpaired) electrons. The molecular formula is C12H22O2. The molecule has 14 heavy (non-hydrogen) atoms. The molecule has 0 saturated heterocycles. The third-order valence-electron chi connectivity index (χ3n) is 3.04. The fraction of sp³-hybridized carbons (Fsp3) is 0.833. The number of aliphatic hydroxyl groups is 1. The van der Waals surface area contributed by atoms with E-state index in [0.29, 0.717) is 18.4 Å². The summed E-state index contributed by atoms with van der Waals surface area (Å²) < 4.78 is 5.45. The van der Waals surface area contributed by atoms with Crippen LogP contribution in [0.4, 0.5) is 0 Å². The maximum absolute atomic E-state index is 10.2. The van der Waals surface area contributed by atoms with Crippen molar-refractivity contribution in [2.75, 3.05) is 6.61 Å². The van der Waals surface area contributed by atoms with Crippen molar-refractivity contribution in [2.45, 2.75) is 46.1 Å². The van der Waals surface area contributed by atoms with Crippen molar-refractivity contribution < 1.29 is 9.84 Å². The molecule has 0 aromatic carbocycles. The van der Waals surface area contributed by atoms with E-state index in [1.165, 1.54) is 0 Å². The van der Waals surface area contributed by atoms with Crippen molar-refractivity contribution in [1.82, 2.24) is 0 Å². The van der Waals surface area contributed by atoms with Crippen LogP contribution in [0.15, 0.2) is 11.8 Å². The quantitative estimate of drug-likeness (QED) is 0.755. The van der Waals surface area contributed by atoms with Gasteiger partial charge in [-0.2, -0.15) is 0 Å². The molecule has 0 amide bonds. The molecule has 2 unspecified atom stereocenters. The van der Waals surface area contributed by atoms with Crippen LogP contribution < -0.4 is 0 Å². The minimum Gasteiger partial charge on any atom is -0.498 e. The summed E-state index contributed by atoms with van der Waals surface area (Å²) in [6.45, 7) is 8.88. The fourth-order valence-electron chi connectivity index (χ4n) is 2.40. The van der Waals surface area contributed by atoms with Gasteiger partial charge in [0.15, 0.2) is 0 Å². The largest absolute Gasteiger partial charge is 0.498 e. The number of hydrogen-bond donors (Lipinski definition) is 1. The first-order chi connectivity index (χ1) is 6.47. The van der Waals surface area contributed by atoms with Crippen LogP contribution in [-0.2, 0) is 4.74 Å². The Hall–Kier alpha value is -0.500. The molecule has 2 nitrogen and oxygen atoms in total. The van der Waals surface area contributed by atoms with Gasteiger partial charge in [0.05, 0.1) is 18.0 Å². The molecule has 2 heteroatoms. The summed E-state index contributed by atoms with van der Waals surface area (Å²) in [5.41, 5.74) is -0.697. The first kappa shape index (κ1) is 11.6. The normalized spacial score (nSPS) is 33.0. The Labute approximate surface area is 87.0 Å². The first-order valence-corrected chi connectivity index (χ1v) is 5.54. The van der Waals surface area contributed by atoms with Gasteiger partial charge in [-0.3, -0.25) is 0 Å². The van der Waals surface area contributed by atoms with E-state index in [1.807, 2.05) is 19.9 Å². The van der Waals surface area contributed by atoms with Gasteiger partial charge in [0.1, 0.15) is 0 Å². The smallest absolute Gasteiger partial charge is 0.0948 e. The van der Waals surface area contributed by atoms with Crippen molar-refractivity contribution in [3.8, 4) is 0 Å². The van der Waals surface area contributed by atoms with Crippen LogP contribution in [0.2, 0.25) is 0 Å². The molecule has 82 valence electrons. The third kappa shape index (κ3) is 2.50. The minimum absolute atomic E-state index is 0.353. The van der Waals surface area contributed by atoms with E-state index < -0.39 is 5.60 Å². The SMILES string of the molecule is CCOC1=CC(C)(O)C(C(C)C)CC1. The van der Waals surface area contributed by atoms with Gasteiger partial charge in [-0.05, 0) is 38.2 Å². The van der Waals surface area contributed by atoms with Gasteiger partial charge >= 0.3 is 0 Å². The number of rotatable bonds is 3. The highest BCUT2D eigenvalue weighted by Gasteiger charge is 2.35. The van der Waals surface area contributed by atoms with Gasteiger partial charge in [0, 0.05) is 6.42 Å². The van der Waals surface area contributed by atoms with Crippen molar-refractivity contribution in [2.24, 2.45) is 11.8 Å². The average molecular weight is 198 g/mol. The van der Waals surface area contributed by atoms with E-state index in [2.05, 4.69) is 13.8 Å². The standard InChI is InChI=1S/C12H22O2/c1-5-14-10-6-7-11(9(2)3)12(4,13)8-10/h8-9,11,13H,5-7H2,1-4H3. The summed E-state index contributed by atoms with van der Waals surface area (Å²) >= 11 is 0. The summed E-state index contributed by atoms with van der Waals surface area (Å²) in [7, 11) is 0. The van der Waals surface area contributed by atoms with E-state index in [-0.39, 0.29) is 0 Å². The van der Waals surface area contributed by atoms with Gasteiger partial charge < -0.3 is 9.84 Å².